The summed E-state index contributed by atoms with van der Waals surface area (Å²) in [5.41, 5.74) is 5.21. The molecule has 2 amide bonds. The van der Waals surface area contributed by atoms with Crippen LogP contribution in [0.25, 0.3) is 0 Å². The summed E-state index contributed by atoms with van der Waals surface area (Å²) in [4.78, 5) is 33.8. The van der Waals surface area contributed by atoms with Crippen LogP contribution in [0.5, 0.6) is 0 Å². The first kappa shape index (κ1) is 18.2. The lowest BCUT2D eigenvalue weighted by molar-refractivity contribution is -0.145. The van der Waals surface area contributed by atoms with Gasteiger partial charge in [0.25, 0.3) is 0 Å². The highest BCUT2D eigenvalue weighted by Crippen LogP contribution is 1.95. The Morgan fingerprint density at radius 2 is 1.65 bits per heavy atom. The maximum absolute atomic E-state index is 11.7. The number of carbonyl (C=O) groups is 3. The molecule has 0 aliphatic carbocycles. The van der Waals surface area contributed by atoms with E-state index in [4.69, 9.17) is 21.1 Å². The number of hydrogen-bond donors (Lipinski definition) is 7. The van der Waals surface area contributed by atoms with Gasteiger partial charge in [0.15, 0.2) is 6.04 Å². The molecule has 10 heteroatoms. The third-order valence-corrected chi connectivity index (χ3v) is 2.40. The molecule has 0 heterocycles. The number of carbonyl (C=O) groups excluding carboxylic acids is 2. The third kappa shape index (κ3) is 5.48. The van der Waals surface area contributed by atoms with Gasteiger partial charge in [0, 0.05) is 0 Å². The van der Waals surface area contributed by atoms with E-state index in [0.717, 1.165) is 6.92 Å². The van der Waals surface area contributed by atoms with E-state index >= 15 is 0 Å². The van der Waals surface area contributed by atoms with E-state index in [2.05, 4.69) is 0 Å². The fourth-order valence-electron chi connectivity index (χ4n) is 1.20. The van der Waals surface area contributed by atoms with Crippen molar-refractivity contribution in [3.63, 3.8) is 0 Å². The molecule has 20 heavy (non-hydrogen) atoms. The van der Waals surface area contributed by atoms with E-state index in [-0.39, 0.29) is 0 Å². The van der Waals surface area contributed by atoms with E-state index in [0.29, 0.717) is 0 Å². The smallest absolute Gasteiger partial charge is 0.328 e. The van der Waals surface area contributed by atoms with Gasteiger partial charge in [-0.1, -0.05) is 0 Å². The van der Waals surface area contributed by atoms with Gasteiger partial charge in [-0.2, -0.15) is 0 Å². The Labute approximate surface area is 114 Å². The lowest BCUT2D eigenvalue weighted by Gasteiger charge is -2.22. The molecule has 4 atom stereocenters. The normalized spacial score (nSPS) is 16.6. The first-order chi connectivity index (χ1) is 9.24. The summed E-state index contributed by atoms with van der Waals surface area (Å²) in [6.07, 6.45) is -1.37. The molecule has 0 aromatic carbocycles. The minimum Gasteiger partial charge on any atom is -0.480 e. The van der Waals surface area contributed by atoms with Crippen LogP contribution < -0.4 is 16.4 Å². The summed E-state index contributed by atoms with van der Waals surface area (Å²) in [7, 11) is 0. The molecule has 0 spiro atoms. The fourth-order valence-corrected chi connectivity index (χ4v) is 1.20. The first-order valence-corrected chi connectivity index (χ1v) is 5.73. The van der Waals surface area contributed by atoms with Gasteiger partial charge in [0.05, 0.1) is 19.3 Å². The molecular formula is C10H19N3O7. The number of nitrogens with one attached hydrogen (secondary N) is 2. The van der Waals surface area contributed by atoms with Crippen LogP contribution in [0.15, 0.2) is 0 Å². The Kier molecular flexibility index (Phi) is 7.69. The third-order valence-electron chi connectivity index (χ3n) is 2.40. The summed E-state index contributed by atoms with van der Waals surface area (Å²) in [5.74, 6) is -3.35. The topological polar surface area (TPSA) is 182 Å². The summed E-state index contributed by atoms with van der Waals surface area (Å²) in [6, 6.07) is -4.30. The molecule has 116 valence electrons. The molecule has 0 aromatic rings. The average Bonchev–Trinajstić information content (AvgIpc) is 2.39. The van der Waals surface area contributed by atoms with Gasteiger partial charge in [-0.05, 0) is 6.92 Å². The van der Waals surface area contributed by atoms with Gasteiger partial charge < -0.3 is 36.8 Å². The Hall–Kier alpha value is -1.75. The van der Waals surface area contributed by atoms with Gasteiger partial charge in [0.2, 0.25) is 11.8 Å². The van der Waals surface area contributed by atoms with E-state index in [1.807, 2.05) is 10.6 Å². The van der Waals surface area contributed by atoms with E-state index < -0.39 is 55.2 Å². The summed E-state index contributed by atoms with van der Waals surface area (Å²) >= 11 is 0. The highest BCUT2D eigenvalue weighted by molar-refractivity contribution is 5.92. The summed E-state index contributed by atoms with van der Waals surface area (Å²) in [6.45, 7) is -0.299. The van der Waals surface area contributed by atoms with E-state index in [1.54, 1.807) is 0 Å². The van der Waals surface area contributed by atoms with Crippen molar-refractivity contribution in [2.75, 3.05) is 13.2 Å². The van der Waals surface area contributed by atoms with Crippen LogP contribution >= 0.6 is 0 Å². The Balaban J connectivity index is 4.70. The lowest BCUT2D eigenvalue weighted by atomic mass is 10.1. The second-order valence-corrected chi connectivity index (χ2v) is 4.10. The van der Waals surface area contributed by atoms with Crippen LogP contribution in [0, 0.1) is 0 Å². The van der Waals surface area contributed by atoms with Gasteiger partial charge in [-0.25, -0.2) is 4.79 Å². The molecule has 0 rings (SSSR count). The molecule has 0 saturated carbocycles. The maximum atomic E-state index is 11.7. The summed E-state index contributed by atoms with van der Waals surface area (Å²) in [5, 5.41) is 39.6. The number of carboxylic acid groups (broad SMARTS) is 1. The van der Waals surface area contributed by atoms with Crippen molar-refractivity contribution in [3.05, 3.63) is 0 Å². The minimum atomic E-state index is -1.58. The molecule has 0 saturated heterocycles. The molecule has 0 aromatic heterocycles. The molecule has 0 fully saturated rings. The number of aliphatic hydroxyl groups is 3. The van der Waals surface area contributed by atoms with Crippen molar-refractivity contribution in [1.29, 1.82) is 0 Å². The van der Waals surface area contributed by atoms with Crippen LogP contribution in [-0.2, 0) is 14.4 Å². The number of aliphatic carboxylic acids is 1. The zero-order valence-electron chi connectivity index (χ0n) is 10.8. The van der Waals surface area contributed by atoms with Crippen molar-refractivity contribution in [2.24, 2.45) is 5.73 Å². The SMILES string of the molecule is C[C@@H](O)[C@H](NC(=O)[C@H](CO)NC(=O)[C@@H](N)CO)C(=O)O. The van der Waals surface area contributed by atoms with Crippen molar-refractivity contribution < 1.29 is 34.8 Å². The molecular weight excluding hydrogens is 274 g/mol. The standard InChI is InChI=1S/C10H19N3O7/c1-4(16)7(10(19)20)13-9(18)6(3-15)12-8(17)5(11)2-14/h4-7,14-16H,2-3,11H2,1H3,(H,12,17)(H,13,18)(H,19,20)/t4-,5+,6+,7+/m1/s1. The number of amides is 2. The minimum absolute atomic E-state index is 0.656. The van der Waals surface area contributed by atoms with Gasteiger partial charge in [0.1, 0.15) is 12.1 Å². The zero-order valence-corrected chi connectivity index (χ0v) is 10.8. The van der Waals surface area contributed by atoms with Crippen LogP contribution in [0.4, 0.5) is 0 Å². The monoisotopic (exact) mass is 293 g/mol. The largest absolute Gasteiger partial charge is 0.480 e. The second kappa shape index (κ2) is 8.43. The second-order valence-electron chi connectivity index (χ2n) is 4.10. The predicted molar refractivity (Wildman–Crippen MR) is 65.3 cm³/mol. The zero-order chi connectivity index (χ0) is 15.9. The number of rotatable bonds is 8. The lowest BCUT2D eigenvalue weighted by Crippen LogP contribution is -2.58. The molecule has 0 unspecified atom stereocenters. The quantitative estimate of drug-likeness (QED) is 0.234. The van der Waals surface area contributed by atoms with Crippen LogP contribution in [-0.4, -0.2) is 75.7 Å². The van der Waals surface area contributed by atoms with Crippen molar-refractivity contribution in [1.82, 2.24) is 10.6 Å². The molecule has 10 nitrogen and oxygen atoms in total. The number of aliphatic hydroxyl groups excluding tert-OH is 3. The summed E-state index contributed by atoms with van der Waals surface area (Å²) < 4.78 is 0. The number of nitrogens with two attached hydrogens (primary N) is 1. The average molecular weight is 293 g/mol. The Morgan fingerprint density at radius 1 is 1.10 bits per heavy atom. The molecule has 8 N–H and O–H groups in total. The number of hydrogen-bond acceptors (Lipinski definition) is 7. The van der Waals surface area contributed by atoms with Gasteiger partial charge in [-0.3, -0.25) is 9.59 Å². The van der Waals surface area contributed by atoms with Crippen LogP contribution in [0.2, 0.25) is 0 Å². The highest BCUT2D eigenvalue weighted by atomic mass is 16.4. The van der Waals surface area contributed by atoms with Crippen molar-refractivity contribution >= 4 is 17.8 Å². The molecule has 0 aliphatic rings. The van der Waals surface area contributed by atoms with E-state index in [1.165, 1.54) is 0 Å². The van der Waals surface area contributed by atoms with E-state index in [9.17, 15) is 19.5 Å². The fraction of sp³-hybridized carbons (Fsp3) is 0.700. The molecule has 0 aliphatic heterocycles. The van der Waals surface area contributed by atoms with Gasteiger partial charge >= 0.3 is 5.97 Å². The maximum Gasteiger partial charge on any atom is 0.328 e. The predicted octanol–water partition coefficient (Wildman–Crippen LogP) is -4.27. The van der Waals surface area contributed by atoms with Crippen LogP contribution in [0.3, 0.4) is 0 Å². The van der Waals surface area contributed by atoms with Gasteiger partial charge in [-0.15, -0.1) is 0 Å². The van der Waals surface area contributed by atoms with Crippen molar-refractivity contribution in [2.45, 2.75) is 31.2 Å². The molecule has 0 bridgehead atoms. The Bertz CT molecular complexity index is 361. The Morgan fingerprint density at radius 3 is 2.00 bits per heavy atom. The highest BCUT2D eigenvalue weighted by Gasteiger charge is 2.29. The number of carboxylic acids is 1. The van der Waals surface area contributed by atoms with Crippen LogP contribution in [0.1, 0.15) is 6.92 Å². The first-order valence-electron chi connectivity index (χ1n) is 5.73. The molecule has 0 radical (unpaired) electrons. The van der Waals surface area contributed by atoms with Crippen molar-refractivity contribution in [3.8, 4) is 0 Å².